The third kappa shape index (κ3) is 3.70. The third-order valence-electron chi connectivity index (χ3n) is 5.64. The first-order chi connectivity index (χ1) is 15.8. The van der Waals surface area contributed by atoms with Crippen molar-refractivity contribution >= 4 is 50.7 Å². The molecule has 1 aliphatic carbocycles. The number of halogens is 1. The van der Waals surface area contributed by atoms with Gasteiger partial charge in [-0.25, -0.2) is 13.8 Å². The summed E-state index contributed by atoms with van der Waals surface area (Å²) >= 11 is 5.14. The fourth-order valence-corrected chi connectivity index (χ4v) is 7.29. The van der Waals surface area contributed by atoms with Gasteiger partial charge in [0.2, 0.25) is 0 Å². The van der Waals surface area contributed by atoms with Crippen LogP contribution in [0, 0.1) is 5.82 Å². The molecule has 6 rings (SSSR count). The minimum atomic E-state index is -0.218. The van der Waals surface area contributed by atoms with Gasteiger partial charge in [0.05, 0.1) is 5.39 Å². The van der Waals surface area contributed by atoms with Crippen molar-refractivity contribution in [1.29, 1.82) is 0 Å². The van der Waals surface area contributed by atoms with E-state index < -0.39 is 0 Å². The lowest BCUT2D eigenvalue weighted by Crippen LogP contribution is -1.98. The Morgan fingerprint density at radius 3 is 2.44 bits per heavy atom. The van der Waals surface area contributed by atoms with Crippen LogP contribution in [0.4, 0.5) is 4.39 Å². The summed E-state index contributed by atoms with van der Waals surface area (Å²) in [7, 11) is 0. The Morgan fingerprint density at radius 2 is 1.62 bits per heavy atom. The zero-order valence-electron chi connectivity index (χ0n) is 17.1. The summed E-state index contributed by atoms with van der Waals surface area (Å²) in [5, 5.41) is 12.1. The van der Waals surface area contributed by atoms with Crippen molar-refractivity contribution in [3.8, 4) is 0 Å². The Bertz CT molecular complexity index is 1410. The smallest absolute Gasteiger partial charge is 0.198 e. The van der Waals surface area contributed by atoms with Crippen LogP contribution in [0.1, 0.15) is 28.0 Å². The van der Waals surface area contributed by atoms with E-state index in [1.54, 1.807) is 23.5 Å². The fourth-order valence-electron chi connectivity index (χ4n) is 4.08. The second-order valence-corrected chi connectivity index (χ2v) is 10.7. The molecule has 160 valence electrons. The van der Waals surface area contributed by atoms with Crippen molar-refractivity contribution in [3.63, 3.8) is 0 Å². The van der Waals surface area contributed by atoms with E-state index in [2.05, 4.69) is 38.9 Å². The van der Waals surface area contributed by atoms with Crippen molar-refractivity contribution in [1.82, 2.24) is 19.6 Å². The van der Waals surface area contributed by atoms with Crippen molar-refractivity contribution < 1.29 is 4.39 Å². The van der Waals surface area contributed by atoms with E-state index in [0.29, 0.717) is 5.75 Å². The molecule has 0 saturated heterocycles. The molecule has 3 heterocycles. The van der Waals surface area contributed by atoms with E-state index in [9.17, 15) is 4.39 Å². The summed E-state index contributed by atoms with van der Waals surface area (Å²) in [4.78, 5) is 7.60. The Labute approximate surface area is 197 Å². The second kappa shape index (κ2) is 8.50. The third-order valence-corrected chi connectivity index (χ3v) is 8.84. The second-order valence-electron chi connectivity index (χ2n) is 7.76. The zero-order chi connectivity index (χ0) is 21.5. The molecule has 0 N–H and O–H groups in total. The van der Waals surface area contributed by atoms with Crippen molar-refractivity contribution in [2.75, 3.05) is 0 Å². The van der Waals surface area contributed by atoms with Gasteiger partial charge in [-0.05, 0) is 48.1 Å². The fraction of sp³-hybridized carbons (Fsp3) is 0.208. The molecule has 4 nitrogen and oxygen atoms in total. The lowest BCUT2D eigenvalue weighted by atomic mass is 10.2. The standard InChI is InChI=1S/C24H19FN4S3/c25-17-11-9-16(10-12-17)14-31-24-28-27-21-20-18-7-4-8-19(18)32-22(20)26-23(29(21)24)30-13-15-5-2-1-3-6-15/h1-3,5-6,9-12H,4,7-8,13-14H2. The highest BCUT2D eigenvalue weighted by molar-refractivity contribution is 7.99. The van der Waals surface area contributed by atoms with Crippen molar-refractivity contribution in [3.05, 3.63) is 82.0 Å². The summed E-state index contributed by atoms with van der Waals surface area (Å²) < 4.78 is 15.4. The molecule has 0 radical (unpaired) electrons. The maximum atomic E-state index is 13.3. The van der Waals surface area contributed by atoms with Crippen molar-refractivity contribution in [2.45, 2.75) is 41.1 Å². The summed E-state index contributed by atoms with van der Waals surface area (Å²) in [6.07, 6.45) is 3.43. The number of hydrogen-bond acceptors (Lipinski definition) is 6. The summed E-state index contributed by atoms with van der Waals surface area (Å²) in [6, 6.07) is 17.1. The van der Waals surface area contributed by atoms with Gasteiger partial charge in [0.15, 0.2) is 16.0 Å². The SMILES string of the molecule is Fc1ccc(CSc2nnc3c4c5c(sc4nc(SCc4ccccc4)n23)CCC5)cc1. The van der Waals surface area contributed by atoms with Gasteiger partial charge in [0, 0.05) is 16.4 Å². The largest absolute Gasteiger partial charge is 0.247 e. The number of hydrogen-bond donors (Lipinski definition) is 0. The molecular formula is C24H19FN4S3. The first-order valence-electron chi connectivity index (χ1n) is 10.5. The summed E-state index contributed by atoms with van der Waals surface area (Å²) in [5.74, 6) is 1.31. The molecule has 0 aliphatic heterocycles. The van der Waals surface area contributed by atoms with Crippen LogP contribution < -0.4 is 0 Å². The predicted molar refractivity (Wildman–Crippen MR) is 130 cm³/mol. The zero-order valence-corrected chi connectivity index (χ0v) is 19.6. The molecule has 0 fully saturated rings. The van der Waals surface area contributed by atoms with E-state index in [-0.39, 0.29) is 5.82 Å². The van der Waals surface area contributed by atoms with Crippen LogP contribution in [0.3, 0.4) is 0 Å². The molecular weight excluding hydrogens is 459 g/mol. The van der Waals surface area contributed by atoms with E-state index in [4.69, 9.17) is 4.98 Å². The van der Waals surface area contributed by atoms with Crippen molar-refractivity contribution in [2.24, 2.45) is 0 Å². The van der Waals surface area contributed by atoms with Gasteiger partial charge in [0.1, 0.15) is 10.6 Å². The van der Waals surface area contributed by atoms with Gasteiger partial charge in [-0.1, -0.05) is 66.0 Å². The molecule has 8 heteroatoms. The molecule has 0 bridgehead atoms. The Kier molecular flexibility index (Phi) is 5.37. The molecule has 3 aromatic heterocycles. The van der Waals surface area contributed by atoms with Gasteiger partial charge in [0.25, 0.3) is 0 Å². The van der Waals surface area contributed by atoms with Gasteiger partial charge in [-0.3, -0.25) is 0 Å². The Balaban J connectivity index is 1.41. The molecule has 2 aromatic carbocycles. The maximum absolute atomic E-state index is 13.3. The first kappa shape index (κ1) is 20.2. The topological polar surface area (TPSA) is 43.1 Å². The van der Waals surface area contributed by atoms with Crippen LogP contribution in [0.5, 0.6) is 0 Å². The van der Waals surface area contributed by atoms with Crippen LogP contribution in [0.2, 0.25) is 0 Å². The average Bonchev–Trinajstić information content (AvgIpc) is 3.52. The molecule has 0 saturated carbocycles. The maximum Gasteiger partial charge on any atom is 0.198 e. The monoisotopic (exact) mass is 478 g/mol. The summed E-state index contributed by atoms with van der Waals surface area (Å²) in [6.45, 7) is 0. The van der Waals surface area contributed by atoms with E-state index in [1.165, 1.54) is 39.9 Å². The first-order valence-corrected chi connectivity index (χ1v) is 13.3. The highest BCUT2D eigenvalue weighted by atomic mass is 32.2. The normalized spacial score (nSPS) is 13.3. The van der Waals surface area contributed by atoms with Crippen LogP contribution in [0.15, 0.2) is 64.9 Å². The number of fused-ring (bicyclic) bond motifs is 5. The lowest BCUT2D eigenvalue weighted by Gasteiger charge is -2.08. The highest BCUT2D eigenvalue weighted by Gasteiger charge is 2.24. The highest BCUT2D eigenvalue weighted by Crippen LogP contribution is 2.40. The Hall–Kier alpha value is -2.42. The van der Waals surface area contributed by atoms with Gasteiger partial charge in [-0.15, -0.1) is 21.5 Å². The van der Waals surface area contributed by atoms with E-state index in [0.717, 1.165) is 44.9 Å². The number of aryl methyl sites for hydroxylation is 2. The van der Waals surface area contributed by atoms with Crippen LogP contribution in [-0.4, -0.2) is 19.6 Å². The number of nitrogens with zero attached hydrogens (tertiary/aromatic N) is 4. The predicted octanol–water partition coefficient (Wildman–Crippen LogP) is 6.55. The van der Waals surface area contributed by atoms with E-state index in [1.807, 2.05) is 29.5 Å². The number of aromatic nitrogens is 4. The molecule has 0 spiro atoms. The molecule has 0 amide bonds. The number of thioether (sulfide) groups is 2. The molecule has 1 aliphatic rings. The minimum Gasteiger partial charge on any atom is -0.247 e. The van der Waals surface area contributed by atoms with Gasteiger partial charge in [-0.2, -0.15) is 0 Å². The number of thiophene rings is 1. The number of benzene rings is 2. The van der Waals surface area contributed by atoms with Crippen LogP contribution in [-0.2, 0) is 24.3 Å². The quantitative estimate of drug-likeness (QED) is 0.204. The van der Waals surface area contributed by atoms with Gasteiger partial charge >= 0.3 is 0 Å². The lowest BCUT2D eigenvalue weighted by molar-refractivity contribution is 0.627. The van der Waals surface area contributed by atoms with Crippen LogP contribution >= 0.6 is 34.9 Å². The van der Waals surface area contributed by atoms with E-state index >= 15 is 0 Å². The molecule has 32 heavy (non-hydrogen) atoms. The average molecular weight is 479 g/mol. The molecule has 0 unspecified atom stereocenters. The summed E-state index contributed by atoms with van der Waals surface area (Å²) in [5.41, 5.74) is 4.63. The minimum absolute atomic E-state index is 0.218. The number of rotatable bonds is 6. The molecule has 5 aromatic rings. The Morgan fingerprint density at radius 1 is 0.875 bits per heavy atom. The van der Waals surface area contributed by atoms with Crippen LogP contribution in [0.25, 0.3) is 15.9 Å². The molecule has 0 atom stereocenters. The van der Waals surface area contributed by atoms with Gasteiger partial charge < -0.3 is 0 Å².